The number of aryl methyl sites for hydroxylation is 2. The normalized spacial score (nSPS) is 11.3. The molecule has 8 heteroatoms. The lowest BCUT2D eigenvalue weighted by atomic mass is 10.0. The molecule has 0 saturated heterocycles. The summed E-state index contributed by atoms with van der Waals surface area (Å²) in [6.45, 7) is 0. The van der Waals surface area contributed by atoms with Crippen LogP contribution >= 0.6 is 0 Å². The van der Waals surface area contributed by atoms with Crippen molar-refractivity contribution in [3.63, 3.8) is 0 Å². The van der Waals surface area contributed by atoms with E-state index in [2.05, 4.69) is 26.4 Å². The molecule has 0 radical (unpaired) electrons. The number of nitrogens with one attached hydrogen (secondary N) is 1. The summed E-state index contributed by atoms with van der Waals surface area (Å²) in [4.78, 5) is 21.4. The molecule has 0 aliphatic rings. The Morgan fingerprint density at radius 1 is 1.07 bits per heavy atom. The average molecular weight is 397 g/mol. The van der Waals surface area contributed by atoms with Gasteiger partial charge in [0.2, 0.25) is 0 Å². The minimum atomic E-state index is -0.236. The summed E-state index contributed by atoms with van der Waals surface area (Å²) >= 11 is 0. The number of nitrogens with zero attached hydrogens (tertiary/aromatic N) is 6. The van der Waals surface area contributed by atoms with E-state index in [4.69, 9.17) is 5.10 Å². The molecule has 0 aliphatic heterocycles. The molecule has 148 valence electrons. The molecule has 4 heterocycles. The molecular formula is C22H19N7O. The first-order valence-corrected chi connectivity index (χ1v) is 9.49. The minimum absolute atomic E-state index is 0.236. The number of benzene rings is 1. The maximum absolute atomic E-state index is 12.3. The van der Waals surface area contributed by atoms with Gasteiger partial charge < -0.3 is 5.32 Å². The lowest BCUT2D eigenvalue weighted by Crippen LogP contribution is -2.19. The summed E-state index contributed by atoms with van der Waals surface area (Å²) in [6, 6.07) is 11.6. The van der Waals surface area contributed by atoms with Crippen LogP contribution in [0, 0.1) is 0 Å². The Balaban J connectivity index is 1.77. The van der Waals surface area contributed by atoms with E-state index in [1.54, 1.807) is 30.2 Å². The molecule has 30 heavy (non-hydrogen) atoms. The van der Waals surface area contributed by atoms with E-state index >= 15 is 0 Å². The molecule has 0 bridgehead atoms. The average Bonchev–Trinajstić information content (AvgIpc) is 3.35. The van der Waals surface area contributed by atoms with Gasteiger partial charge in [-0.15, -0.1) is 0 Å². The number of pyridine rings is 2. The molecule has 1 aromatic carbocycles. The Labute approximate surface area is 172 Å². The van der Waals surface area contributed by atoms with Crippen molar-refractivity contribution in [1.29, 1.82) is 0 Å². The minimum Gasteiger partial charge on any atom is -0.354 e. The van der Waals surface area contributed by atoms with Gasteiger partial charge in [-0.3, -0.25) is 19.1 Å². The quantitative estimate of drug-likeness (QED) is 0.505. The molecule has 5 aromatic rings. The number of carbonyl (C=O) groups is 1. The summed E-state index contributed by atoms with van der Waals surface area (Å²) in [5.74, 6) is -0.236. The summed E-state index contributed by atoms with van der Waals surface area (Å²) in [5.41, 5.74) is 5.42. The number of fused-ring (bicyclic) bond motifs is 2. The van der Waals surface area contributed by atoms with Crippen LogP contribution in [0.3, 0.4) is 0 Å². The van der Waals surface area contributed by atoms with Gasteiger partial charge in [0.05, 0.1) is 22.9 Å². The molecule has 4 aromatic heterocycles. The Bertz CT molecular complexity index is 1430. The zero-order valence-electron chi connectivity index (χ0n) is 16.8. The van der Waals surface area contributed by atoms with Gasteiger partial charge >= 0.3 is 0 Å². The van der Waals surface area contributed by atoms with Gasteiger partial charge in [-0.2, -0.15) is 10.2 Å². The predicted octanol–water partition coefficient (Wildman–Crippen LogP) is 2.94. The number of hydrogen-bond donors (Lipinski definition) is 1. The first-order valence-electron chi connectivity index (χ1n) is 9.49. The fourth-order valence-electron chi connectivity index (χ4n) is 3.70. The van der Waals surface area contributed by atoms with Gasteiger partial charge in [-0.25, -0.2) is 4.98 Å². The number of carbonyl (C=O) groups excluding carboxylic acids is 1. The standard InChI is InChI=1S/C22H19N7O/c1-23-22(30)17-10-13-5-4-8-24-20(13)21(26-17)14-6-7-18-16(9-14)19(27-29(18)3)15-11-25-28(2)12-15/h4-12H,1-3H3,(H,23,30). The highest BCUT2D eigenvalue weighted by Gasteiger charge is 2.17. The summed E-state index contributed by atoms with van der Waals surface area (Å²) in [5, 5.41) is 13.5. The molecule has 5 rings (SSSR count). The van der Waals surface area contributed by atoms with Crippen LogP contribution in [0.25, 0.3) is 44.3 Å². The molecule has 0 spiro atoms. The maximum Gasteiger partial charge on any atom is 0.269 e. The first kappa shape index (κ1) is 18.0. The second kappa shape index (κ2) is 6.77. The van der Waals surface area contributed by atoms with Crippen molar-refractivity contribution < 1.29 is 4.79 Å². The van der Waals surface area contributed by atoms with E-state index in [-0.39, 0.29) is 5.91 Å². The van der Waals surface area contributed by atoms with Gasteiger partial charge in [-0.1, -0.05) is 12.1 Å². The lowest BCUT2D eigenvalue weighted by molar-refractivity contribution is 0.0958. The third-order valence-corrected chi connectivity index (χ3v) is 5.15. The zero-order valence-corrected chi connectivity index (χ0v) is 16.8. The lowest BCUT2D eigenvalue weighted by Gasteiger charge is -2.09. The van der Waals surface area contributed by atoms with E-state index in [0.717, 1.165) is 38.6 Å². The van der Waals surface area contributed by atoms with Crippen LogP contribution in [0.15, 0.2) is 55.0 Å². The Morgan fingerprint density at radius 2 is 1.93 bits per heavy atom. The molecule has 0 unspecified atom stereocenters. The van der Waals surface area contributed by atoms with Gasteiger partial charge in [0.15, 0.2) is 0 Å². The van der Waals surface area contributed by atoms with Crippen molar-refractivity contribution in [3.05, 3.63) is 60.7 Å². The van der Waals surface area contributed by atoms with E-state index in [0.29, 0.717) is 11.4 Å². The van der Waals surface area contributed by atoms with Crippen molar-refractivity contribution >= 4 is 27.7 Å². The fourth-order valence-corrected chi connectivity index (χ4v) is 3.70. The second-order valence-electron chi connectivity index (χ2n) is 7.12. The Hall–Kier alpha value is -4.07. The van der Waals surface area contributed by atoms with Crippen LogP contribution in [0.2, 0.25) is 0 Å². The van der Waals surface area contributed by atoms with Crippen molar-refractivity contribution in [3.8, 4) is 22.5 Å². The Morgan fingerprint density at radius 3 is 2.70 bits per heavy atom. The smallest absolute Gasteiger partial charge is 0.269 e. The molecule has 0 atom stereocenters. The van der Waals surface area contributed by atoms with Crippen LogP contribution in [0.1, 0.15) is 10.5 Å². The highest BCUT2D eigenvalue weighted by atomic mass is 16.1. The highest BCUT2D eigenvalue weighted by Crippen LogP contribution is 2.33. The van der Waals surface area contributed by atoms with E-state index < -0.39 is 0 Å². The van der Waals surface area contributed by atoms with E-state index in [1.165, 1.54) is 0 Å². The Kier molecular flexibility index (Phi) is 4.06. The van der Waals surface area contributed by atoms with Crippen LogP contribution in [-0.2, 0) is 14.1 Å². The molecule has 1 amide bonds. The van der Waals surface area contributed by atoms with Crippen LogP contribution < -0.4 is 5.32 Å². The topological polar surface area (TPSA) is 90.5 Å². The SMILES string of the molecule is CNC(=O)c1cc2cccnc2c(-c2ccc3c(c2)c(-c2cnn(C)c2)nn3C)n1. The van der Waals surface area contributed by atoms with Crippen molar-refractivity contribution in [2.75, 3.05) is 7.05 Å². The van der Waals surface area contributed by atoms with Crippen molar-refractivity contribution in [1.82, 2.24) is 34.8 Å². The van der Waals surface area contributed by atoms with Gasteiger partial charge in [0, 0.05) is 55.4 Å². The number of aromatic nitrogens is 6. The monoisotopic (exact) mass is 397 g/mol. The predicted molar refractivity (Wildman–Crippen MR) is 115 cm³/mol. The molecule has 1 N–H and O–H groups in total. The van der Waals surface area contributed by atoms with Crippen molar-refractivity contribution in [2.24, 2.45) is 14.1 Å². The summed E-state index contributed by atoms with van der Waals surface area (Å²) < 4.78 is 3.61. The summed E-state index contributed by atoms with van der Waals surface area (Å²) in [6.07, 6.45) is 5.47. The summed E-state index contributed by atoms with van der Waals surface area (Å²) in [7, 11) is 5.40. The third-order valence-electron chi connectivity index (χ3n) is 5.15. The number of hydrogen-bond acceptors (Lipinski definition) is 5. The second-order valence-corrected chi connectivity index (χ2v) is 7.12. The zero-order chi connectivity index (χ0) is 20.8. The van der Waals surface area contributed by atoms with Gasteiger partial charge in [0.25, 0.3) is 5.91 Å². The van der Waals surface area contributed by atoms with Crippen LogP contribution in [0.5, 0.6) is 0 Å². The fraction of sp³-hybridized carbons (Fsp3) is 0.136. The molecule has 0 fully saturated rings. The largest absolute Gasteiger partial charge is 0.354 e. The van der Waals surface area contributed by atoms with Crippen molar-refractivity contribution in [2.45, 2.75) is 0 Å². The number of amides is 1. The van der Waals surface area contributed by atoms with Crippen LogP contribution in [-0.4, -0.2) is 42.5 Å². The highest BCUT2D eigenvalue weighted by molar-refractivity contribution is 6.02. The maximum atomic E-state index is 12.3. The molecule has 0 saturated carbocycles. The molecule has 0 aliphatic carbocycles. The molecular weight excluding hydrogens is 378 g/mol. The number of rotatable bonds is 3. The van der Waals surface area contributed by atoms with E-state index in [1.807, 2.05) is 49.2 Å². The van der Waals surface area contributed by atoms with Crippen LogP contribution in [0.4, 0.5) is 0 Å². The first-order chi connectivity index (χ1) is 14.5. The van der Waals surface area contributed by atoms with Gasteiger partial charge in [-0.05, 0) is 24.3 Å². The van der Waals surface area contributed by atoms with Gasteiger partial charge in [0.1, 0.15) is 11.4 Å². The third kappa shape index (κ3) is 2.81. The molecule has 8 nitrogen and oxygen atoms in total. The van der Waals surface area contributed by atoms with E-state index in [9.17, 15) is 4.79 Å².